The highest BCUT2D eigenvalue weighted by atomic mass is 32.1. The van der Waals surface area contributed by atoms with Gasteiger partial charge < -0.3 is 15.0 Å². The first-order valence-electron chi connectivity index (χ1n) is 8.45. The summed E-state index contributed by atoms with van der Waals surface area (Å²) in [4.78, 5) is 38.8. The molecule has 1 aromatic heterocycles. The standard InChI is InChI=1S/C18H24N2O4S/c1-4-10-20(12(3)21)11-15(22)19-17-16(18(23)24-5-2)13-8-6-7-9-14(13)25-17/h4H,1,5-11H2,2-3H3,(H,19,22). The summed E-state index contributed by atoms with van der Waals surface area (Å²) < 4.78 is 5.17. The summed E-state index contributed by atoms with van der Waals surface area (Å²) in [6, 6.07) is 0. The van der Waals surface area contributed by atoms with E-state index in [1.807, 2.05) is 0 Å². The molecule has 7 heteroatoms. The highest BCUT2D eigenvalue weighted by Crippen LogP contribution is 2.38. The van der Waals surface area contributed by atoms with Crippen LogP contribution in [0, 0.1) is 0 Å². The summed E-state index contributed by atoms with van der Waals surface area (Å²) in [6.45, 7) is 7.27. The van der Waals surface area contributed by atoms with Gasteiger partial charge in [-0.15, -0.1) is 17.9 Å². The Bertz CT molecular complexity index is 681. The first-order chi connectivity index (χ1) is 12.0. The first kappa shape index (κ1) is 19.2. The van der Waals surface area contributed by atoms with Crippen LogP contribution >= 0.6 is 11.3 Å². The zero-order valence-electron chi connectivity index (χ0n) is 14.7. The molecule has 1 aliphatic carbocycles. The maximum Gasteiger partial charge on any atom is 0.341 e. The number of amides is 2. The van der Waals surface area contributed by atoms with Gasteiger partial charge in [0.2, 0.25) is 11.8 Å². The van der Waals surface area contributed by atoms with Crippen LogP contribution in [0.15, 0.2) is 12.7 Å². The Balaban J connectivity index is 2.21. The molecule has 1 aromatic rings. The Labute approximate surface area is 151 Å². The number of thiophene rings is 1. The van der Waals surface area contributed by atoms with Crippen molar-refractivity contribution < 1.29 is 19.1 Å². The summed E-state index contributed by atoms with van der Waals surface area (Å²) in [5, 5.41) is 3.33. The Hall–Kier alpha value is -2.15. The number of carbonyl (C=O) groups excluding carboxylic acids is 3. The van der Waals surface area contributed by atoms with Crippen LogP contribution in [-0.2, 0) is 27.2 Å². The Morgan fingerprint density at radius 2 is 2.04 bits per heavy atom. The van der Waals surface area contributed by atoms with E-state index in [1.54, 1.807) is 13.0 Å². The monoisotopic (exact) mass is 364 g/mol. The van der Waals surface area contributed by atoms with Gasteiger partial charge in [0.1, 0.15) is 11.5 Å². The lowest BCUT2D eigenvalue weighted by atomic mass is 9.95. The molecule has 0 aromatic carbocycles. The van der Waals surface area contributed by atoms with Gasteiger partial charge in [0, 0.05) is 18.3 Å². The SMILES string of the molecule is C=CCN(CC(=O)Nc1sc2c(c1C(=O)OCC)CCCC2)C(C)=O. The summed E-state index contributed by atoms with van der Waals surface area (Å²) in [7, 11) is 0. The second kappa shape index (κ2) is 8.80. The molecule has 0 atom stereocenters. The number of nitrogens with one attached hydrogen (secondary N) is 1. The van der Waals surface area contributed by atoms with Gasteiger partial charge in [-0.25, -0.2) is 4.79 Å². The Morgan fingerprint density at radius 1 is 1.32 bits per heavy atom. The molecule has 0 radical (unpaired) electrons. The van der Waals surface area contributed by atoms with Crippen LogP contribution in [0.3, 0.4) is 0 Å². The second-order valence-electron chi connectivity index (χ2n) is 5.87. The van der Waals surface area contributed by atoms with Crippen molar-refractivity contribution in [1.29, 1.82) is 0 Å². The maximum atomic E-state index is 12.4. The molecule has 136 valence electrons. The fourth-order valence-electron chi connectivity index (χ4n) is 2.87. The van der Waals surface area contributed by atoms with Crippen molar-refractivity contribution in [2.45, 2.75) is 39.5 Å². The Kier molecular flexibility index (Phi) is 6.75. The lowest BCUT2D eigenvalue weighted by Gasteiger charge is -2.18. The van der Waals surface area contributed by atoms with Crippen molar-refractivity contribution in [3.05, 3.63) is 28.7 Å². The lowest BCUT2D eigenvalue weighted by molar-refractivity contribution is -0.132. The van der Waals surface area contributed by atoms with Gasteiger partial charge in [-0.2, -0.15) is 0 Å². The van der Waals surface area contributed by atoms with Gasteiger partial charge in [-0.1, -0.05) is 6.08 Å². The largest absolute Gasteiger partial charge is 0.462 e. The van der Waals surface area contributed by atoms with Crippen LogP contribution < -0.4 is 5.32 Å². The van der Waals surface area contributed by atoms with Gasteiger partial charge >= 0.3 is 5.97 Å². The molecule has 2 amide bonds. The van der Waals surface area contributed by atoms with E-state index in [2.05, 4.69) is 11.9 Å². The molecule has 0 fully saturated rings. The second-order valence-corrected chi connectivity index (χ2v) is 6.98. The molecule has 0 aliphatic heterocycles. The highest BCUT2D eigenvalue weighted by Gasteiger charge is 2.27. The van der Waals surface area contributed by atoms with E-state index in [9.17, 15) is 14.4 Å². The van der Waals surface area contributed by atoms with Crippen LogP contribution in [0.1, 0.15) is 47.5 Å². The summed E-state index contributed by atoms with van der Waals surface area (Å²) >= 11 is 1.44. The Morgan fingerprint density at radius 3 is 2.68 bits per heavy atom. The molecule has 0 saturated heterocycles. The number of aryl methyl sites for hydroxylation is 1. The normalized spacial score (nSPS) is 12.9. The van der Waals surface area contributed by atoms with Crippen LogP contribution in [-0.4, -0.2) is 42.4 Å². The molecular weight excluding hydrogens is 340 g/mol. The third kappa shape index (κ3) is 4.69. The van der Waals surface area contributed by atoms with E-state index >= 15 is 0 Å². The fourth-order valence-corrected chi connectivity index (χ4v) is 4.17. The van der Waals surface area contributed by atoms with Crippen molar-refractivity contribution in [3.63, 3.8) is 0 Å². The molecule has 1 heterocycles. The van der Waals surface area contributed by atoms with E-state index in [-0.39, 0.29) is 25.0 Å². The number of hydrogen-bond donors (Lipinski definition) is 1. The van der Waals surface area contributed by atoms with Crippen molar-refractivity contribution >= 4 is 34.1 Å². The number of carbonyl (C=O) groups is 3. The average molecular weight is 364 g/mol. The molecule has 2 rings (SSSR count). The zero-order valence-corrected chi connectivity index (χ0v) is 15.5. The van der Waals surface area contributed by atoms with Crippen LogP contribution in [0.2, 0.25) is 0 Å². The molecule has 0 bridgehead atoms. The van der Waals surface area contributed by atoms with Crippen LogP contribution in [0.5, 0.6) is 0 Å². The first-order valence-corrected chi connectivity index (χ1v) is 9.27. The summed E-state index contributed by atoms with van der Waals surface area (Å²) in [6.07, 6.45) is 5.42. The number of nitrogens with zero attached hydrogens (tertiary/aromatic N) is 1. The topological polar surface area (TPSA) is 75.7 Å². The summed E-state index contributed by atoms with van der Waals surface area (Å²) in [5.41, 5.74) is 1.48. The minimum Gasteiger partial charge on any atom is -0.462 e. The average Bonchev–Trinajstić information content (AvgIpc) is 2.92. The third-order valence-electron chi connectivity index (χ3n) is 4.03. The highest BCUT2D eigenvalue weighted by molar-refractivity contribution is 7.17. The molecule has 1 aliphatic rings. The molecular formula is C18H24N2O4S. The zero-order chi connectivity index (χ0) is 18.4. The van der Waals surface area contributed by atoms with Crippen LogP contribution in [0.25, 0.3) is 0 Å². The number of anilines is 1. The minimum atomic E-state index is -0.397. The maximum absolute atomic E-state index is 12.4. The van der Waals surface area contributed by atoms with Crippen molar-refractivity contribution in [1.82, 2.24) is 4.90 Å². The molecule has 0 unspecified atom stereocenters. The van der Waals surface area contributed by atoms with Gasteiger partial charge in [-0.3, -0.25) is 9.59 Å². The number of hydrogen-bond acceptors (Lipinski definition) is 5. The molecule has 0 saturated carbocycles. The fraction of sp³-hybridized carbons (Fsp3) is 0.500. The van der Waals surface area contributed by atoms with E-state index in [4.69, 9.17) is 4.74 Å². The van der Waals surface area contributed by atoms with E-state index < -0.39 is 5.97 Å². The van der Waals surface area contributed by atoms with Crippen molar-refractivity contribution in [2.75, 3.05) is 25.0 Å². The van der Waals surface area contributed by atoms with E-state index in [1.165, 1.54) is 23.2 Å². The predicted molar refractivity (Wildman–Crippen MR) is 98.0 cm³/mol. The molecule has 6 nitrogen and oxygen atoms in total. The molecule has 0 spiro atoms. The lowest BCUT2D eigenvalue weighted by Crippen LogP contribution is -2.36. The van der Waals surface area contributed by atoms with E-state index in [0.29, 0.717) is 17.1 Å². The number of esters is 1. The predicted octanol–water partition coefficient (Wildman–Crippen LogP) is 2.78. The quantitative estimate of drug-likeness (QED) is 0.596. The summed E-state index contributed by atoms with van der Waals surface area (Å²) in [5.74, 6) is -0.931. The van der Waals surface area contributed by atoms with Gasteiger partial charge in [-0.05, 0) is 38.2 Å². The van der Waals surface area contributed by atoms with Crippen molar-refractivity contribution in [3.8, 4) is 0 Å². The molecule has 25 heavy (non-hydrogen) atoms. The number of fused-ring (bicyclic) bond motifs is 1. The molecule has 1 N–H and O–H groups in total. The van der Waals surface area contributed by atoms with E-state index in [0.717, 1.165) is 36.1 Å². The third-order valence-corrected chi connectivity index (χ3v) is 5.24. The number of rotatable bonds is 7. The van der Waals surface area contributed by atoms with Gasteiger partial charge in [0.25, 0.3) is 0 Å². The number of ether oxygens (including phenoxy) is 1. The van der Waals surface area contributed by atoms with Crippen LogP contribution in [0.4, 0.5) is 5.00 Å². The van der Waals surface area contributed by atoms with Crippen molar-refractivity contribution in [2.24, 2.45) is 0 Å². The minimum absolute atomic E-state index is 0.0772. The smallest absolute Gasteiger partial charge is 0.341 e. The van der Waals surface area contributed by atoms with Gasteiger partial charge in [0.05, 0.1) is 12.2 Å². The van der Waals surface area contributed by atoms with Gasteiger partial charge in [0.15, 0.2) is 0 Å².